The quantitative estimate of drug-likeness (QED) is 0.911. The van der Waals surface area contributed by atoms with Crippen molar-refractivity contribution in [2.45, 2.75) is 19.9 Å². The van der Waals surface area contributed by atoms with Gasteiger partial charge >= 0.3 is 0 Å². The standard InChI is InChI=1S/C14H17ClN2OS/c1-4-16-13(14-17-9(2)8-19-14)12-10(15)6-5-7-11(12)18-3/h5-8,13,16H,4H2,1-3H3. The van der Waals surface area contributed by atoms with E-state index in [9.17, 15) is 0 Å². The maximum atomic E-state index is 6.35. The molecule has 1 heterocycles. The molecule has 1 atom stereocenters. The number of hydrogen-bond donors (Lipinski definition) is 1. The number of benzene rings is 1. The number of rotatable bonds is 5. The average Bonchev–Trinajstić information content (AvgIpc) is 2.83. The van der Waals surface area contributed by atoms with Crippen LogP contribution in [-0.2, 0) is 0 Å². The van der Waals surface area contributed by atoms with E-state index in [1.807, 2.05) is 30.5 Å². The van der Waals surface area contributed by atoms with Crippen LogP contribution in [0.25, 0.3) is 0 Å². The molecule has 19 heavy (non-hydrogen) atoms. The minimum atomic E-state index is -0.0349. The van der Waals surface area contributed by atoms with Crippen LogP contribution in [0, 0.1) is 6.92 Å². The second kappa shape index (κ2) is 6.37. The lowest BCUT2D eigenvalue weighted by molar-refractivity contribution is 0.404. The lowest BCUT2D eigenvalue weighted by Crippen LogP contribution is -2.22. The molecule has 0 radical (unpaired) electrons. The molecule has 0 aliphatic carbocycles. The number of thiazole rings is 1. The Morgan fingerprint density at radius 1 is 1.47 bits per heavy atom. The molecule has 1 N–H and O–H groups in total. The van der Waals surface area contributed by atoms with Gasteiger partial charge in [0.1, 0.15) is 10.8 Å². The van der Waals surface area contributed by atoms with Crippen molar-refractivity contribution < 1.29 is 4.74 Å². The summed E-state index contributed by atoms with van der Waals surface area (Å²) in [7, 11) is 1.66. The third-order valence-electron chi connectivity index (χ3n) is 2.81. The lowest BCUT2D eigenvalue weighted by atomic mass is 10.1. The van der Waals surface area contributed by atoms with Crippen LogP contribution in [0.4, 0.5) is 0 Å². The first-order chi connectivity index (χ1) is 9.17. The minimum Gasteiger partial charge on any atom is -0.496 e. The van der Waals surface area contributed by atoms with Gasteiger partial charge in [-0.1, -0.05) is 24.6 Å². The Hall–Kier alpha value is -1.10. The Morgan fingerprint density at radius 3 is 2.84 bits per heavy atom. The zero-order valence-electron chi connectivity index (χ0n) is 11.2. The Bertz CT molecular complexity index is 556. The first-order valence-corrected chi connectivity index (χ1v) is 7.41. The highest BCUT2D eigenvalue weighted by Gasteiger charge is 2.22. The summed E-state index contributed by atoms with van der Waals surface area (Å²) < 4.78 is 5.43. The van der Waals surface area contributed by atoms with Gasteiger partial charge in [-0.2, -0.15) is 0 Å². The van der Waals surface area contributed by atoms with E-state index in [1.54, 1.807) is 18.4 Å². The predicted octanol–water partition coefficient (Wildman–Crippen LogP) is 3.81. The fourth-order valence-electron chi connectivity index (χ4n) is 2.00. The van der Waals surface area contributed by atoms with Gasteiger partial charge in [0, 0.05) is 21.7 Å². The molecule has 0 bridgehead atoms. The maximum Gasteiger partial charge on any atom is 0.125 e. The normalized spacial score (nSPS) is 12.4. The molecule has 0 fully saturated rings. The molecule has 2 aromatic rings. The van der Waals surface area contributed by atoms with Crippen LogP contribution in [0.15, 0.2) is 23.6 Å². The summed E-state index contributed by atoms with van der Waals surface area (Å²) >= 11 is 7.98. The van der Waals surface area contributed by atoms with Gasteiger partial charge in [0.15, 0.2) is 0 Å². The molecule has 0 saturated carbocycles. The van der Waals surface area contributed by atoms with E-state index in [1.165, 1.54) is 0 Å². The Kier molecular flexibility index (Phi) is 4.80. The van der Waals surface area contributed by atoms with E-state index >= 15 is 0 Å². The van der Waals surface area contributed by atoms with E-state index in [0.29, 0.717) is 5.02 Å². The van der Waals surface area contributed by atoms with Crippen LogP contribution in [0.3, 0.4) is 0 Å². The van der Waals surface area contributed by atoms with Gasteiger partial charge < -0.3 is 10.1 Å². The van der Waals surface area contributed by atoms with Gasteiger partial charge in [-0.3, -0.25) is 0 Å². The molecule has 1 unspecified atom stereocenters. The third kappa shape index (κ3) is 3.08. The molecule has 1 aromatic heterocycles. The highest BCUT2D eigenvalue weighted by Crippen LogP contribution is 2.36. The van der Waals surface area contributed by atoms with Crippen LogP contribution in [0.2, 0.25) is 5.02 Å². The monoisotopic (exact) mass is 296 g/mol. The second-order valence-electron chi connectivity index (χ2n) is 4.17. The number of aryl methyl sites for hydroxylation is 1. The molecular weight excluding hydrogens is 280 g/mol. The lowest BCUT2D eigenvalue weighted by Gasteiger charge is -2.20. The van der Waals surface area contributed by atoms with Gasteiger partial charge in [-0.25, -0.2) is 4.98 Å². The average molecular weight is 297 g/mol. The van der Waals surface area contributed by atoms with Crippen molar-refractivity contribution in [3.05, 3.63) is 44.9 Å². The summed E-state index contributed by atoms with van der Waals surface area (Å²) in [4.78, 5) is 4.56. The summed E-state index contributed by atoms with van der Waals surface area (Å²) in [6.07, 6.45) is 0. The summed E-state index contributed by atoms with van der Waals surface area (Å²) in [5.74, 6) is 0.784. The molecule has 5 heteroatoms. The Labute approximate surface area is 122 Å². The van der Waals surface area contributed by atoms with Crippen molar-refractivity contribution in [1.82, 2.24) is 10.3 Å². The first kappa shape index (κ1) is 14.3. The van der Waals surface area contributed by atoms with E-state index in [-0.39, 0.29) is 6.04 Å². The zero-order valence-corrected chi connectivity index (χ0v) is 12.8. The molecule has 0 saturated heterocycles. The summed E-state index contributed by atoms with van der Waals surface area (Å²) in [5.41, 5.74) is 1.97. The summed E-state index contributed by atoms with van der Waals surface area (Å²) in [6, 6.07) is 5.66. The van der Waals surface area contributed by atoms with Crippen LogP contribution >= 0.6 is 22.9 Å². The summed E-state index contributed by atoms with van der Waals surface area (Å²) in [5, 5.41) is 7.17. The van der Waals surface area contributed by atoms with Crippen molar-refractivity contribution in [2.24, 2.45) is 0 Å². The van der Waals surface area contributed by atoms with Crippen molar-refractivity contribution in [3.8, 4) is 5.75 Å². The number of nitrogens with zero attached hydrogens (tertiary/aromatic N) is 1. The number of nitrogens with one attached hydrogen (secondary N) is 1. The van der Waals surface area contributed by atoms with Crippen LogP contribution in [0.5, 0.6) is 5.75 Å². The molecular formula is C14H17ClN2OS. The Balaban J connectivity index is 2.50. The molecule has 102 valence electrons. The SMILES string of the molecule is CCNC(c1nc(C)cs1)c1c(Cl)cccc1OC. The van der Waals surface area contributed by atoms with E-state index in [2.05, 4.69) is 17.2 Å². The zero-order chi connectivity index (χ0) is 13.8. The molecule has 2 rings (SSSR count). The third-order valence-corrected chi connectivity index (χ3v) is 4.17. The fraction of sp³-hybridized carbons (Fsp3) is 0.357. The number of hydrogen-bond acceptors (Lipinski definition) is 4. The van der Waals surface area contributed by atoms with Crippen molar-refractivity contribution in [3.63, 3.8) is 0 Å². The van der Waals surface area contributed by atoms with Gasteiger partial charge in [0.2, 0.25) is 0 Å². The van der Waals surface area contributed by atoms with Crippen molar-refractivity contribution in [2.75, 3.05) is 13.7 Å². The van der Waals surface area contributed by atoms with Crippen molar-refractivity contribution >= 4 is 22.9 Å². The molecule has 0 amide bonds. The predicted molar refractivity (Wildman–Crippen MR) is 80.4 cm³/mol. The van der Waals surface area contributed by atoms with Gasteiger partial charge in [-0.15, -0.1) is 11.3 Å². The second-order valence-corrected chi connectivity index (χ2v) is 5.47. The van der Waals surface area contributed by atoms with Crippen molar-refractivity contribution in [1.29, 1.82) is 0 Å². The Morgan fingerprint density at radius 2 is 2.26 bits per heavy atom. The highest BCUT2D eigenvalue weighted by atomic mass is 35.5. The van der Waals surface area contributed by atoms with Crippen LogP contribution < -0.4 is 10.1 Å². The van der Waals surface area contributed by atoms with Gasteiger partial charge in [0.25, 0.3) is 0 Å². The number of ether oxygens (including phenoxy) is 1. The van der Waals surface area contributed by atoms with Crippen LogP contribution in [-0.4, -0.2) is 18.6 Å². The number of methoxy groups -OCH3 is 1. The van der Waals surface area contributed by atoms with Gasteiger partial charge in [0.05, 0.1) is 13.2 Å². The highest BCUT2D eigenvalue weighted by molar-refractivity contribution is 7.09. The largest absolute Gasteiger partial charge is 0.496 e. The molecule has 0 spiro atoms. The topological polar surface area (TPSA) is 34.2 Å². The molecule has 0 aliphatic heterocycles. The fourth-order valence-corrected chi connectivity index (χ4v) is 3.15. The minimum absolute atomic E-state index is 0.0349. The maximum absolute atomic E-state index is 6.35. The number of halogens is 1. The van der Waals surface area contributed by atoms with Crippen LogP contribution in [0.1, 0.15) is 29.2 Å². The number of aromatic nitrogens is 1. The first-order valence-electron chi connectivity index (χ1n) is 6.15. The van der Waals surface area contributed by atoms with Gasteiger partial charge in [-0.05, 0) is 25.6 Å². The van der Waals surface area contributed by atoms with E-state index in [4.69, 9.17) is 16.3 Å². The smallest absolute Gasteiger partial charge is 0.125 e. The van der Waals surface area contributed by atoms with E-state index in [0.717, 1.165) is 28.6 Å². The molecule has 1 aromatic carbocycles. The van der Waals surface area contributed by atoms with E-state index < -0.39 is 0 Å². The molecule has 3 nitrogen and oxygen atoms in total. The molecule has 0 aliphatic rings. The summed E-state index contributed by atoms with van der Waals surface area (Å²) in [6.45, 7) is 4.89.